The van der Waals surface area contributed by atoms with E-state index in [4.69, 9.17) is 5.73 Å². The first-order valence-corrected chi connectivity index (χ1v) is 9.76. The van der Waals surface area contributed by atoms with Gasteiger partial charge in [0.05, 0.1) is 12.2 Å². The van der Waals surface area contributed by atoms with Gasteiger partial charge >= 0.3 is 0 Å². The van der Waals surface area contributed by atoms with E-state index < -0.39 is 0 Å². The third-order valence-corrected chi connectivity index (χ3v) is 5.57. The molecule has 2 aromatic carbocycles. The Morgan fingerprint density at radius 3 is 2.31 bits per heavy atom. The summed E-state index contributed by atoms with van der Waals surface area (Å²) in [4.78, 5) is 4.49. The van der Waals surface area contributed by atoms with Crippen LogP contribution in [0.25, 0.3) is 0 Å². The number of aryl methyl sites for hydroxylation is 1. The number of anilines is 3. The number of nitrogens with zero attached hydrogens (tertiary/aromatic N) is 4. The van der Waals surface area contributed by atoms with Crippen molar-refractivity contribution in [1.29, 1.82) is 5.26 Å². The Kier molecular flexibility index (Phi) is 5.13. The number of benzene rings is 2. The van der Waals surface area contributed by atoms with Crippen molar-refractivity contribution in [2.75, 3.05) is 41.7 Å². The third-order valence-electron chi connectivity index (χ3n) is 5.57. The van der Waals surface area contributed by atoms with Crippen LogP contribution in [0.2, 0.25) is 0 Å². The topological polar surface area (TPSA) is 61.2 Å². The van der Waals surface area contributed by atoms with E-state index in [1.54, 1.807) is 6.07 Å². The molecule has 1 aliphatic heterocycles. The van der Waals surface area contributed by atoms with Crippen molar-refractivity contribution in [3.8, 4) is 6.07 Å². The van der Waals surface area contributed by atoms with Gasteiger partial charge in [0.1, 0.15) is 23.4 Å². The van der Waals surface area contributed by atoms with E-state index in [-0.39, 0.29) is 5.82 Å². The van der Waals surface area contributed by atoms with Crippen LogP contribution in [0.3, 0.4) is 0 Å². The summed E-state index contributed by atoms with van der Waals surface area (Å²) >= 11 is 0. The van der Waals surface area contributed by atoms with E-state index in [1.807, 2.05) is 28.8 Å². The van der Waals surface area contributed by atoms with Gasteiger partial charge < -0.3 is 20.1 Å². The van der Waals surface area contributed by atoms with Crippen LogP contribution in [0.15, 0.2) is 54.6 Å². The molecule has 0 unspecified atom stereocenters. The second-order valence-corrected chi connectivity index (χ2v) is 7.38. The maximum absolute atomic E-state index is 13.2. The zero-order valence-electron chi connectivity index (χ0n) is 16.5. The number of nitrogens with two attached hydrogens (primary N) is 1. The largest absolute Gasteiger partial charge is 0.396 e. The summed E-state index contributed by atoms with van der Waals surface area (Å²) in [5, 5.41) is 9.63. The molecule has 4 rings (SSSR count). The highest BCUT2D eigenvalue weighted by molar-refractivity contribution is 5.69. The maximum atomic E-state index is 13.2. The summed E-state index contributed by atoms with van der Waals surface area (Å²) in [6.45, 7) is 5.87. The molecule has 0 atom stereocenters. The number of piperazine rings is 1. The summed E-state index contributed by atoms with van der Waals surface area (Å²) < 4.78 is 15.2. The van der Waals surface area contributed by atoms with Gasteiger partial charge in [-0.1, -0.05) is 24.3 Å². The van der Waals surface area contributed by atoms with Crippen LogP contribution in [-0.4, -0.2) is 30.7 Å². The fourth-order valence-electron chi connectivity index (χ4n) is 3.95. The van der Waals surface area contributed by atoms with Crippen LogP contribution in [0.1, 0.15) is 16.8 Å². The van der Waals surface area contributed by atoms with Gasteiger partial charge in [0, 0.05) is 31.9 Å². The predicted octanol–water partition coefficient (Wildman–Crippen LogP) is 3.76. The summed E-state index contributed by atoms with van der Waals surface area (Å²) in [6, 6.07) is 18.9. The van der Waals surface area contributed by atoms with Crippen molar-refractivity contribution in [1.82, 2.24) is 4.57 Å². The van der Waals surface area contributed by atoms with Crippen LogP contribution < -0.4 is 15.5 Å². The number of halogens is 1. The molecule has 3 aromatic rings. The van der Waals surface area contributed by atoms with Crippen LogP contribution in [0.5, 0.6) is 0 Å². The van der Waals surface area contributed by atoms with E-state index in [9.17, 15) is 9.65 Å². The van der Waals surface area contributed by atoms with E-state index in [1.165, 1.54) is 23.3 Å². The third kappa shape index (κ3) is 3.77. The number of rotatable bonds is 4. The molecular formula is C23H24FN5. The summed E-state index contributed by atoms with van der Waals surface area (Å²) in [5.74, 6) is 0.682. The highest BCUT2D eigenvalue weighted by Gasteiger charge is 2.24. The van der Waals surface area contributed by atoms with Gasteiger partial charge in [-0.2, -0.15) is 5.26 Å². The number of hydrogen-bond acceptors (Lipinski definition) is 4. The summed E-state index contributed by atoms with van der Waals surface area (Å²) in [7, 11) is 0. The quantitative estimate of drug-likeness (QED) is 0.738. The van der Waals surface area contributed by atoms with Crippen molar-refractivity contribution in [2.24, 2.45) is 0 Å². The van der Waals surface area contributed by atoms with Crippen molar-refractivity contribution < 1.29 is 4.39 Å². The maximum Gasteiger partial charge on any atom is 0.133 e. The molecule has 29 heavy (non-hydrogen) atoms. The lowest BCUT2D eigenvalue weighted by Crippen LogP contribution is -2.47. The second-order valence-electron chi connectivity index (χ2n) is 7.38. The molecule has 0 radical (unpaired) electrons. The van der Waals surface area contributed by atoms with Gasteiger partial charge in [0.25, 0.3) is 0 Å². The first-order valence-electron chi connectivity index (χ1n) is 9.76. The van der Waals surface area contributed by atoms with Crippen LogP contribution in [0.4, 0.5) is 21.6 Å². The SMILES string of the molecule is Cc1ccccc1Cn1c(C#N)cc(N)c1N1CCN(c2ccc(F)cc2)CC1. The Hall–Kier alpha value is -3.46. The zero-order valence-corrected chi connectivity index (χ0v) is 16.5. The molecule has 2 heterocycles. The van der Waals surface area contributed by atoms with Gasteiger partial charge in [0.2, 0.25) is 0 Å². The van der Waals surface area contributed by atoms with Crippen LogP contribution in [-0.2, 0) is 6.54 Å². The van der Waals surface area contributed by atoms with Crippen molar-refractivity contribution in [2.45, 2.75) is 13.5 Å². The Morgan fingerprint density at radius 1 is 1.00 bits per heavy atom. The first-order chi connectivity index (χ1) is 14.1. The molecular weight excluding hydrogens is 365 g/mol. The average Bonchev–Trinajstić information content (AvgIpc) is 3.05. The summed E-state index contributed by atoms with van der Waals surface area (Å²) in [6.07, 6.45) is 0. The number of aromatic nitrogens is 1. The monoisotopic (exact) mass is 389 g/mol. The zero-order chi connectivity index (χ0) is 20.4. The van der Waals surface area contributed by atoms with Crippen LogP contribution >= 0.6 is 0 Å². The van der Waals surface area contributed by atoms with Crippen molar-refractivity contribution in [3.05, 3.63) is 77.2 Å². The fraction of sp³-hybridized carbons (Fsp3) is 0.261. The van der Waals surface area contributed by atoms with Crippen LogP contribution in [0, 0.1) is 24.1 Å². The summed E-state index contributed by atoms with van der Waals surface area (Å²) in [5.41, 5.74) is 10.9. The Bertz CT molecular complexity index is 1040. The molecule has 1 aromatic heterocycles. The second kappa shape index (κ2) is 7.88. The minimum atomic E-state index is -0.224. The molecule has 1 aliphatic rings. The normalized spacial score (nSPS) is 14.1. The Balaban J connectivity index is 1.57. The van der Waals surface area contributed by atoms with E-state index in [2.05, 4.69) is 34.9 Å². The fourth-order valence-corrected chi connectivity index (χ4v) is 3.95. The molecule has 0 saturated carbocycles. The van der Waals surface area contributed by atoms with Gasteiger partial charge in [-0.3, -0.25) is 0 Å². The first kappa shape index (κ1) is 18.9. The molecule has 5 nitrogen and oxygen atoms in total. The predicted molar refractivity (Wildman–Crippen MR) is 115 cm³/mol. The minimum Gasteiger partial charge on any atom is -0.396 e. The Labute approximate surface area is 170 Å². The molecule has 0 bridgehead atoms. The van der Waals surface area contributed by atoms with Gasteiger partial charge in [0.15, 0.2) is 0 Å². The molecule has 0 spiro atoms. The van der Waals surface area contributed by atoms with Gasteiger partial charge in [-0.15, -0.1) is 0 Å². The van der Waals surface area contributed by atoms with E-state index in [0.29, 0.717) is 17.9 Å². The van der Waals surface area contributed by atoms with Gasteiger partial charge in [-0.05, 0) is 48.4 Å². The highest BCUT2D eigenvalue weighted by Crippen LogP contribution is 2.31. The molecule has 6 heteroatoms. The lowest BCUT2D eigenvalue weighted by Gasteiger charge is -2.38. The number of hydrogen-bond donors (Lipinski definition) is 1. The standard InChI is InChI=1S/C23H24FN5/c1-17-4-2-3-5-18(17)16-29-21(15-25)14-22(26)23(29)28-12-10-27(11-13-28)20-8-6-19(24)7-9-20/h2-9,14H,10-13,16,26H2,1H3. The molecule has 1 saturated heterocycles. The lowest BCUT2D eigenvalue weighted by atomic mass is 10.1. The number of nitriles is 1. The molecule has 0 amide bonds. The molecule has 2 N–H and O–H groups in total. The van der Waals surface area contributed by atoms with E-state index >= 15 is 0 Å². The van der Waals surface area contributed by atoms with Crippen molar-refractivity contribution in [3.63, 3.8) is 0 Å². The van der Waals surface area contributed by atoms with Gasteiger partial charge in [-0.25, -0.2) is 4.39 Å². The smallest absolute Gasteiger partial charge is 0.133 e. The van der Waals surface area contributed by atoms with E-state index in [0.717, 1.165) is 37.7 Å². The average molecular weight is 389 g/mol. The van der Waals surface area contributed by atoms with Crippen molar-refractivity contribution >= 4 is 17.2 Å². The molecule has 148 valence electrons. The molecule has 1 fully saturated rings. The minimum absolute atomic E-state index is 0.224. The number of nitrogen functional groups attached to an aromatic ring is 1. The Morgan fingerprint density at radius 2 is 1.66 bits per heavy atom. The molecule has 0 aliphatic carbocycles. The lowest BCUT2D eigenvalue weighted by molar-refractivity contribution is 0.620. The highest BCUT2D eigenvalue weighted by atomic mass is 19.1.